The van der Waals surface area contributed by atoms with Crippen molar-refractivity contribution in [3.63, 3.8) is 0 Å². The zero-order chi connectivity index (χ0) is 16.4. The SMILES string of the molecule is CCC(CC)(CNCCOc1ccccc1OC)C(=O)OC. The van der Waals surface area contributed by atoms with Crippen LogP contribution in [0.5, 0.6) is 11.5 Å². The van der Waals surface area contributed by atoms with Crippen LogP contribution in [0.1, 0.15) is 26.7 Å². The molecule has 5 nitrogen and oxygen atoms in total. The number of benzene rings is 1. The standard InChI is InChI=1S/C17H27NO4/c1-5-17(6-2,16(19)21-4)13-18-11-12-22-15-10-8-7-9-14(15)20-3/h7-10,18H,5-6,11-13H2,1-4H3. The topological polar surface area (TPSA) is 56.8 Å². The Balaban J connectivity index is 2.42. The third kappa shape index (κ3) is 4.63. The maximum Gasteiger partial charge on any atom is 0.313 e. The molecule has 0 heterocycles. The summed E-state index contributed by atoms with van der Waals surface area (Å²) in [5, 5.41) is 3.28. The number of ether oxygens (including phenoxy) is 3. The lowest BCUT2D eigenvalue weighted by Gasteiger charge is -2.28. The number of esters is 1. The highest BCUT2D eigenvalue weighted by molar-refractivity contribution is 5.76. The summed E-state index contributed by atoms with van der Waals surface area (Å²) in [4.78, 5) is 12.0. The lowest BCUT2D eigenvalue weighted by molar-refractivity contribution is -0.153. The van der Waals surface area contributed by atoms with E-state index in [1.807, 2.05) is 38.1 Å². The molecule has 0 spiro atoms. The van der Waals surface area contributed by atoms with Gasteiger partial charge in [-0.15, -0.1) is 0 Å². The highest BCUT2D eigenvalue weighted by atomic mass is 16.5. The van der Waals surface area contributed by atoms with E-state index in [1.54, 1.807) is 7.11 Å². The molecular formula is C17H27NO4. The molecule has 0 bridgehead atoms. The van der Waals surface area contributed by atoms with Gasteiger partial charge in [0.1, 0.15) is 6.61 Å². The first-order chi connectivity index (χ1) is 10.6. The van der Waals surface area contributed by atoms with Gasteiger partial charge in [0.2, 0.25) is 0 Å². The van der Waals surface area contributed by atoms with Crippen molar-refractivity contribution in [3.8, 4) is 11.5 Å². The molecule has 0 aliphatic rings. The van der Waals surface area contributed by atoms with Crippen molar-refractivity contribution in [2.45, 2.75) is 26.7 Å². The second-order valence-corrected chi connectivity index (χ2v) is 5.16. The van der Waals surface area contributed by atoms with Crippen LogP contribution in [0, 0.1) is 5.41 Å². The molecule has 0 saturated carbocycles. The minimum Gasteiger partial charge on any atom is -0.493 e. The number of carbonyl (C=O) groups is 1. The minimum absolute atomic E-state index is 0.157. The van der Waals surface area contributed by atoms with Crippen molar-refractivity contribution >= 4 is 5.97 Å². The predicted octanol–water partition coefficient (Wildman–Crippen LogP) is 2.64. The summed E-state index contributed by atoms with van der Waals surface area (Å²) in [6, 6.07) is 7.54. The molecule has 0 amide bonds. The second-order valence-electron chi connectivity index (χ2n) is 5.16. The Bertz CT molecular complexity index is 458. The van der Waals surface area contributed by atoms with Gasteiger partial charge in [-0.1, -0.05) is 26.0 Å². The van der Waals surface area contributed by atoms with Crippen molar-refractivity contribution in [1.29, 1.82) is 0 Å². The molecule has 0 aliphatic carbocycles. The Morgan fingerprint density at radius 2 is 1.77 bits per heavy atom. The van der Waals surface area contributed by atoms with Gasteiger partial charge in [0.05, 0.1) is 19.6 Å². The molecule has 1 aromatic carbocycles. The highest BCUT2D eigenvalue weighted by Gasteiger charge is 2.35. The van der Waals surface area contributed by atoms with E-state index in [4.69, 9.17) is 14.2 Å². The van der Waals surface area contributed by atoms with Crippen LogP contribution < -0.4 is 14.8 Å². The van der Waals surface area contributed by atoms with Crippen molar-refractivity contribution in [3.05, 3.63) is 24.3 Å². The number of carbonyl (C=O) groups excluding carboxylic acids is 1. The van der Waals surface area contributed by atoms with E-state index in [1.165, 1.54) is 7.11 Å². The van der Waals surface area contributed by atoms with Gasteiger partial charge in [0, 0.05) is 13.1 Å². The summed E-state index contributed by atoms with van der Waals surface area (Å²) < 4.78 is 15.9. The summed E-state index contributed by atoms with van der Waals surface area (Å²) >= 11 is 0. The van der Waals surface area contributed by atoms with E-state index in [-0.39, 0.29) is 5.97 Å². The van der Waals surface area contributed by atoms with Crippen LogP contribution in [0.3, 0.4) is 0 Å². The van der Waals surface area contributed by atoms with Gasteiger partial charge in [-0.3, -0.25) is 4.79 Å². The second kappa shape index (κ2) is 9.30. The first-order valence-electron chi connectivity index (χ1n) is 7.68. The molecule has 124 valence electrons. The lowest BCUT2D eigenvalue weighted by Crippen LogP contribution is -2.42. The monoisotopic (exact) mass is 309 g/mol. The highest BCUT2D eigenvalue weighted by Crippen LogP contribution is 2.27. The first-order valence-corrected chi connectivity index (χ1v) is 7.68. The summed E-state index contributed by atoms with van der Waals surface area (Å²) in [5.74, 6) is 1.28. The van der Waals surface area contributed by atoms with Crippen LogP contribution >= 0.6 is 0 Å². The fourth-order valence-electron chi connectivity index (χ4n) is 2.38. The largest absolute Gasteiger partial charge is 0.493 e. The fourth-order valence-corrected chi connectivity index (χ4v) is 2.38. The number of nitrogens with one attached hydrogen (secondary N) is 1. The molecule has 0 radical (unpaired) electrons. The van der Waals surface area contributed by atoms with Crippen molar-refractivity contribution in [1.82, 2.24) is 5.32 Å². The third-order valence-corrected chi connectivity index (χ3v) is 4.04. The molecule has 5 heteroatoms. The minimum atomic E-state index is -0.459. The molecular weight excluding hydrogens is 282 g/mol. The van der Waals surface area contributed by atoms with E-state index in [9.17, 15) is 4.79 Å². The van der Waals surface area contributed by atoms with Crippen molar-refractivity contribution in [2.24, 2.45) is 5.41 Å². The normalized spacial score (nSPS) is 11.1. The average Bonchev–Trinajstić information content (AvgIpc) is 2.58. The Hall–Kier alpha value is -1.75. The van der Waals surface area contributed by atoms with Gasteiger partial charge in [-0.2, -0.15) is 0 Å². The Labute approximate surface area is 132 Å². The zero-order valence-electron chi connectivity index (χ0n) is 14.0. The Kier molecular flexibility index (Phi) is 7.74. The smallest absolute Gasteiger partial charge is 0.313 e. The van der Waals surface area contributed by atoms with Crippen LogP contribution in [-0.2, 0) is 9.53 Å². The molecule has 0 fully saturated rings. The van der Waals surface area contributed by atoms with Gasteiger partial charge in [0.25, 0.3) is 0 Å². The van der Waals surface area contributed by atoms with Gasteiger partial charge in [-0.25, -0.2) is 0 Å². The first kappa shape index (κ1) is 18.3. The summed E-state index contributed by atoms with van der Waals surface area (Å²) in [6.07, 6.45) is 1.49. The van der Waals surface area contributed by atoms with E-state index in [0.717, 1.165) is 18.6 Å². The number of methoxy groups -OCH3 is 2. The van der Waals surface area contributed by atoms with Crippen molar-refractivity contribution in [2.75, 3.05) is 33.9 Å². The van der Waals surface area contributed by atoms with Gasteiger partial charge in [-0.05, 0) is 25.0 Å². The number of hydrogen-bond donors (Lipinski definition) is 1. The molecule has 0 aliphatic heterocycles. The third-order valence-electron chi connectivity index (χ3n) is 4.04. The van der Waals surface area contributed by atoms with E-state index >= 15 is 0 Å². The Morgan fingerprint density at radius 3 is 2.32 bits per heavy atom. The molecule has 1 aromatic rings. The summed E-state index contributed by atoms with van der Waals surface area (Å²) in [6.45, 7) is 5.75. The van der Waals surface area contributed by atoms with Gasteiger partial charge >= 0.3 is 5.97 Å². The summed E-state index contributed by atoms with van der Waals surface area (Å²) in [7, 11) is 3.06. The van der Waals surface area contributed by atoms with E-state index in [2.05, 4.69) is 5.32 Å². The molecule has 22 heavy (non-hydrogen) atoms. The van der Waals surface area contributed by atoms with Crippen LogP contribution in [-0.4, -0.2) is 39.9 Å². The quantitative estimate of drug-likeness (QED) is 0.532. The molecule has 1 N–H and O–H groups in total. The van der Waals surface area contributed by atoms with E-state index in [0.29, 0.717) is 25.4 Å². The van der Waals surface area contributed by atoms with E-state index < -0.39 is 5.41 Å². The zero-order valence-corrected chi connectivity index (χ0v) is 14.0. The predicted molar refractivity (Wildman–Crippen MR) is 86.4 cm³/mol. The summed E-state index contributed by atoms with van der Waals surface area (Å²) in [5.41, 5.74) is -0.459. The van der Waals surface area contributed by atoms with Crippen LogP contribution in [0.25, 0.3) is 0 Å². The van der Waals surface area contributed by atoms with Crippen LogP contribution in [0.15, 0.2) is 24.3 Å². The fraction of sp³-hybridized carbons (Fsp3) is 0.588. The lowest BCUT2D eigenvalue weighted by atomic mass is 9.82. The van der Waals surface area contributed by atoms with Gasteiger partial charge in [0.15, 0.2) is 11.5 Å². The molecule has 0 aromatic heterocycles. The van der Waals surface area contributed by atoms with Crippen molar-refractivity contribution < 1.29 is 19.0 Å². The van der Waals surface area contributed by atoms with Crippen LogP contribution in [0.4, 0.5) is 0 Å². The molecule has 1 rings (SSSR count). The number of para-hydroxylation sites is 2. The molecule has 0 saturated heterocycles. The van der Waals surface area contributed by atoms with Crippen LogP contribution in [0.2, 0.25) is 0 Å². The number of rotatable bonds is 10. The number of hydrogen-bond acceptors (Lipinski definition) is 5. The average molecular weight is 309 g/mol. The molecule has 0 atom stereocenters. The maximum absolute atomic E-state index is 12.0. The van der Waals surface area contributed by atoms with Gasteiger partial charge < -0.3 is 19.5 Å². The molecule has 0 unspecified atom stereocenters. The Morgan fingerprint density at radius 1 is 1.14 bits per heavy atom. The maximum atomic E-state index is 12.0.